The van der Waals surface area contributed by atoms with Crippen LogP contribution in [0, 0.1) is 35.0 Å². The number of benzene rings is 2. The number of nitrogens with zero attached hydrogens (tertiary/aromatic N) is 3. The fraction of sp³-hybridized carbons (Fsp3) is 0.591. The van der Waals surface area contributed by atoms with E-state index in [1.807, 2.05) is 28.0 Å². The van der Waals surface area contributed by atoms with Crippen LogP contribution in [0.5, 0.6) is 0 Å². The highest BCUT2D eigenvalue weighted by molar-refractivity contribution is 5.99. The minimum Gasteiger partial charge on any atom is -0.342 e. The van der Waals surface area contributed by atoms with E-state index in [-0.39, 0.29) is 17.7 Å². The summed E-state index contributed by atoms with van der Waals surface area (Å²) in [5.74, 6) is 3.17. The first kappa shape index (κ1) is 34.3. The summed E-state index contributed by atoms with van der Waals surface area (Å²) in [4.78, 5) is 33.7. The summed E-state index contributed by atoms with van der Waals surface area (Å²) in [5.41, 5.74) is 2.93. The maximum absolute atomic E-state index is 14.0. The second-order valence-electron chi connectivity index (χ2n) is 16.2. The second-order valence-corrected chi connectivity index (χ2v) is 16.2. The Labute approximate surface area is 295 Å². The third kappa shape index (κ3) is 8.42. The van der Waals surface area contributed by atoms with E-state index in [9.17, 15) is 9.59 Å². The van der Waals surface area contributed by atoms with Gasteiger partial charge in [0.2, 0.25) is 11.8 Å². The van der Waals surface area contributed by atoms with Crippen LogP contribution in [0.3, 0.4) is 0 Å². The van der Waals surface area contributed by atoms with E-state index < -0.39 is 0 Å². The van der Waals surface area contributed by atoms with Gasteiger partial charge in [-0.05, 0) is 124 Å². The maximum atomic E-state index is 14.0. The van der Waals surface area contributed by atoms with Crippen LogP contribution in [0.15, 0.2) is 85.0 Å². The lowest BCUT2D eigenvalue weighted by Gasteiger charge is -2.42. The number of carbonyl (C=O) groups is 2. The Bertz CT molecular complexity index is 1420. The summed E-state index contributed by atoms with van der Waals surface area (Å²) in [6.07, 6.45) is 26.5. The quantitative estimate of drug-likeness (QED) is 0.201. The van der Waals surface area contributed by atoms with Crippen molar-refractivity contribution in [2.24, 2.45) is 35.0 Å². The van der Waals surface area contributed by atoms with Gasteiger partial charge in [-0.1, -0.05) is 92.1 Å². The summed E-state index contributed by atoms with van der Waals surface area (Å²) in [5, 5.41) is 0. The molecule has 1 spiro atoms. The van der Waals surface area contributed by atoms with Crippen molar-refractivity contribution < 1.29 is 9.59 Å². The lowest BCUT2D eigenvalue weighted by atomic mass is 9.63. The van der Waals surface area contributed by atoms with E-state index in [1.165, 1.54) is 69.8 Å². The van der Waals surface area contributed by atoms with Gasteiger partial charge in [0.1, 0.15) is 0 Å². The number of fused-ring (bicyclic) bond motifs is 2. The molecule has 4 fully saturated rings. The Morgan fingerprint density at radius 3 is 2.24 bits per heavy atom. The average Bonchev–Trinajstić information content (AvgIpc) is 3.70. The molecule has 5 heteroatoms. The molecule has 0 N–H and O–H groups in total. The van der Waals surface area contributed by atoms with Crippen LogP contribution in [-0.4, -0.2) is 54.3 Å². The maximum Gasteiger partial charge on any atom is 0.232 e. The second kappa shape index (κ2) is 16.2. The fourth-order valence-electron chi connectivity index (χ4n) is 10.2. The Balaban J connectivity index is 0.835. The van der Waals surface area contributed by atoms with E-state index in [0.717, 1.165) is 75.4 Å². The Morgan fingerprint density at radius 2 is 1.47 bits per heavy atom. The molecule has 3 unspecified atom stereocenters. The van der Waals surface area contributed by atoms with Gasteiger partial charge in [-0.25, -0.2) is 0 Å². The fourth-order valence-corrected chi connectivity index (χ4v) is 10.2. The number of likely N-dealkylation sites (tertiary alicyclic amines) is 2. The van der Waals surface area contributed by atoms with Crippen molar-refractivity contribution in [3.05, 3.63) is 90.5 Å². The number of anilines is 1. The SMILES string of the molecule is O=C1CC(C(=O)N(CCCCCC2CCC3(CC2)CCC2C=CC=CC23)c2ccccc2)CN1CCC1CCN(Cc2ccccc2)CC1. The van der Waals surface area contributed by atoms with Crippen molar-refractivity contribution in [2.45, 2.75) is 96.4 Å². The largest absolute Gasteiger partial charge is 0.342 e. The molecule has 2 amide bonds. The number of hydrogen-bond acceptors (Lipinski definition) is 3. The zero-order chi connectivity index (χ0) is 33.5. The van der Waals surface area contributed by atoms with Crippen molar-refractivity contribution in [2.75, 3.05) is 37.6 Å². The zero-order valence-electron chi connectivity index (χ0n) is 29.8. The highest BCUT2D eigenvalue weighted by Crippen LogP contribution is 2.58. The summed E-state index contributed by atoms with van der Waals surface area (Å²) in [6, 6.07) is 20.9. The van der Waals surface area contributed by atoms with Crippen LogP contribution in [-0.2, 0) is 16.1 Å². The number of piperidine rings is 1. The molecule has 0 aromatic heterocycles. The smallest absolute Gasteiger partial charge is 0.232 e. The van der Waals surface area contributed by atoms with Crippen LogP contribution in [0.2, 0.25) is 0 Å². The highest BCUT2D eigenvalue weighted by Gasteiger charge is 2.48. The van der Waals surface area contributed by atoms with Crippen molar-refractivity contribution in [1.29, 1.82) is 0 Å². The molecule has 5 aliphatic rings. The molecule has 5 nitrogen and oxygen atoms in total. The van der Waals surface area contributed by atoms with Crippen LogP contribution in [0.4, 0.5) is 5.69 Å². The van der Waals surface area contributed by atoms with Crippen molar-refractivity contribution >= 4 is 17.5 Å². The monoisotopic (exact) mass is 661 g/mol. The molecule has 2 aromatic carbocycles. The number of allylic oxidation sites excluding steroid dienone is 4. The lowest BCUT2D eigenvalue weighted by molar-refractivity contribution is -0.128. The molecular formula is C44H59N3O2. The number of unbranched alkanes of at least 4 members (excludes halogenated alkanes) is 2. The Hall–Kier alpha value is -3.18. The first-order chi connectivity index (χ1) is 24.1. The molecule has 0 bridgehead atoms. The third-order valence-corrected chi connectivity index (χ3v) is 13.2. The van der Waals surface area contributed by atoms with Gasteiger partial charge in [-0.15, -0.1) is 0 Å². The van der Waals surface area contributed by atoms with Crippen LogP contribution < -0.4 is 4.90 Å². The van der Waals surface area contributed by atoms with Crippen LogP contribution >= 0.6 is 0 Å². The molecule has 262 valence electrons. The minimum absolute atomic E-state index is 0.135. The van der Waals surface area contributed by atoms with Crippen molar-refractivity contribution in [1.82, 2.24) is 9.80 Å². The minimum atomic E-state index is -0.236. The van der Waals surface area contributed by atoms with E-state index in [2.05, 4.69) is 71.7 Å². The van der Waals surface area contributed by atoms with Crippen LogP contribution in [0.25, 0.3) is 0 Å². The predicted molar refractivity (Wildman–Crippen MR) is 200 cm³/mol. The summed E-state index contributed by atoms with van der Waals surface area (Å²) >= 11 is 0. The zero-order valence-corrected chi connectivity index (χ0v) is 29.8. The van der Waals surface area contributed by atoms with Gasteiger partial charge < -0.3 is 9.80 Å². The van der Waals surface area contributed by atoms with Crippen molar-refractivity contribution in [3.63, 3.8) is 0 Å². The molecule has 3 atom stereocenters. The average molecular weight is 662 g/mol. The molecule has 3 aliphatic carbocycles. The summed E-state index contributed by atoms with van der Waals surface area (Å²) < 4.78 is 0. The van der Waals surface area contributed by atoms with Gasteiger partial charge in [0.15, 0.2) is 0 Å². The van der Waals surface area contributed by atoms with Gasteiger partial charge >= 0.3 is 0 Å². The lowest BCUT2D eigenvalue weighted by Crippen LogP contribution is -2.38. The van der Waals surface area contributed by atoms with Crippen molar-refractivity contribution in [3.8, 4) is 0 Å². The van der Waals surface area contributed by atoms with Gasteiger partial charge in [0, 0.05) is 38.3 Å². The molecule has 2 aromatic rings. The first-order valence-corrected chi connectivity index (χ1v) is 19.8. The molecule has 2 heterocycles. The number of para-hydroxylation sites is 1. The summed E-state index contributed by atoms with van der Waals surface area (Å²) in [6.45, 7) is 5.38. The molecule has 49 heavy (non-hydrogen) atoms. The topological polar surface area (TPSA) is 43.9 Å². The number of rotatable bonds is 13. The van der Waals surface area contributed by atoms with E-state index in [1.54, 1.807) is 0 Å². The van der Waals surface area contributed by atoms with Gasteiger partial charge in [-0.2, -0.15) is 0 Å². The molecule has 2 aliphatic heterocycles. The van der Waals surface area contributed by atoms with Gasteiger partial charge in [0.25, 0.3) is 0 Å². The summed E-state index contributed by atoms with van der Waals surface area (Å²) in [7, 11) is 0. The van der Waals surface area contributed by atoms with Gasteiger partial charge in [-0.3, -0.25) is 14.5 Å². The first-order valence-electron chi connectivity index (χ1n) is 19.8. The van der Waals surface area contributed by atoms with E-state index >= 15 is 0 Å². The predicted octanol–water partition coefficient (Wildman–Crippen LogP) is 9.06. The highest BCUT2D eigenvalue weighted by atomic mass is 16.2. The molecule has 2 saturated heterocycles. The van der Waals surface area contributed by atoms with E-state index in [4.69, 9.17) is 0 Å². The normalized spacial score (nSPS) is 28.7. The van der Waals surface area contributed by atoms with Gasteiger partial charge in [0.05, 0.1) is 5.92 Å². The van der Waals surface area contributed by atoms with E-state index in [0.29, 0.717) is 24.3 Å². The number of amides is 2. The Kier molecular flexibility index (Phi) is 11.4. The molecule has 0 radical (unpaired) electrons. The Morgan fingerprint density at radius 1 is 0.776 bits per heavy atom. The number of carbonyl (C=O) groups excluding carboxylic acids is 2. The number of hydrogen-bond donors (Lipinski definition) is 0. The third-order valence-electron chi connectivity index (χ3n) is 13.2. The van der Waals surface area contributed by atoms with Crippen LogP contribution in [0.1, 0.15) is 95.5 Å². The molecule has 2 saturated carbocycles. The molecule has 7 rings (SSSR count). The standard InChI is InChI=1S/C44H59N3O2/c48-42-32-39(34-46(42)31-24-36-22-29-45(30-23-36)33-37-13-4-1-5-14-37)43(49)47(40-16-7-2-8-17-40)28-11-3-6-12-35-19-25-44(26-20-35)27-21-38-15-9-10-18-41(38)44/h1-2,4-5,7-10,13-18,35-36,38-39,41H,3,6,11-12,19-34H2. The molecular weight excluding hydrogens is 603 g/mol.